The van der Waals surface area contributed by atoms with Crippen LogP contribution in [0.25, 0.3) is 5.65 Å². The summed E-state index contributed by atoms with van der Waals surface area (Å²) in [7, 11) is 0. The quantitative estimate of drug-likeness (QED) is 0.833. The number of carbonyl (C=O) groups excluding carboxylic acids is 1. The van der Waals surface area contributed by atoms with Crippen molar-refractivity contribution in [2.24, 2.45) is 0 Å². The summed E-state index contributed by atoms with van der Waals surface area (Å²) in [6.07, 6.45) is 2.18. The van der Waals surface area contributed by atoms with Crippen molar-refractivity contribution in [2.45, 2.75) is 25.8 Å². The first-order valence-electron chi connectivity index (χ1n) is 6.35. The largest absolute Gasteiger partial charge is 0.357 e. The molecule has 0 spiro atoms. The third-order valence-electron chi connectivity index (χ3n) is 3.22. The first-order valence-corrected chi connectivity index (χ1v) is 6.35. The summed E-state index contributed by atoms with van der Waals surface area (Å²) in [6, 6.07) is 3.21. The average molecular weight is 261 g/mol. The highest BCUT2D eigenvalue weighted by Crippen LogP contribution is 2.11. The number of fused-ring (bicyclic) bond motifs is 1. The van der Waals surface area contributed by atoms with Crippen LogP contribution in [0.1, 0.15) is 19.8 Å². The van der Waals surface area contributed by atoms with E-state index in [0.717, 1.165) is 25.9 Å². The number of tetrazole rings is 1. The summed E-state index contributed by atoms with van der Waals surface area (Å²) in [5.74, 6) is 0.691. The lowest BCUT2D eigenvalue weighted by Gasteiger charge is -2.21. The van der Waals surface area contributed by atoms with E-state index >= 15 is 0 Å². The maximum Gasteiger partial charge on any atom is 0.244 e. The molecule has 1 aliphatic rings. The molecule has 19 heavy (non-hydrogen) atoms. The topological polar surface area (TPSA) is 88.3 Å². The van der Waals surface area contributed by atoms with Crippen molar-refractivity contribution in [3.05, 3.63) is 12.1 Å². The number of nitrogens with one attached hydrogen (secondary N) is 1. The van der Waals surface area contributed by atoms with E-state index in [1.807, 2.05) is 11.8 Å². The summed E-state index contributed by atoms with van der Waals surface area (Å²) in [6.45, 7) is 3.54. The van der Waals surface area contributed by atoms with Crippen LogP contribution >= 0.6 is 0 Å². The molecule has 0 aliphatic carbocycles. The van der Waals surface area contributed by atoms with Gasteiger partial charge in [-0.2, -0.15) is 0 Å². The Morgan fingerprint density at radius 2 is 2.16 bits per heavy atom. The van der Waals surface area contributed by atoms with E-state index in [9.17, 15) is 4.79 Å². The number of likely N-dealkylation sites (tertiary alicyclic amines) is 1. The molecule has 0 saturated carbocycles. The molecule has 3 rings (SSSR count). The van der Waals surface area contributed by atoms with Crippen molar-refractivity contribution in [2.75, 3.05) is 18.4 Å². The van der Waals surface area contributed by atoms with Crippen LogP contribution < -0.4 is 5.32 Å². The molecule has 2 aromatic heterocycles. The monoisotopic (exact) mass is 261 g/mol. The molecule has 3 heterocycles. The molecule has 1 saturated heterocycles. The van der Waals surface area contributed by atoms with Gasteiger partial charge in [0.05, 0.1) is 0 Å². The number of rotatable bonds is 3. The molecule has 8 heteroatoms. The third kappa shape index (κ3) is 2.33. The van der Waals surface area contributed by atoms with E-state index in [0.29, 0.717) is 11.5 Å². The number of hydrogen-bond acceptors (Lipinski definition) is 6. The van der Waals surface area contributed by atoms with Crippen LogP contribution in [-0.2, 0) is 4.79 Å². The number of amides is 1. The van der Waals surface area contributed by atoms with Gasteiger partial charge in [0.2, 0.25) is 5.91 Å². The fraction of sp³-hybridized carbons (Fsp3) is 0.545. The lowest BCUT2D eigenvalue weighted by Crippen LogP contribution is -2.39. The molecule has 1 amide bonds. The number of anilines is 1. The second-order valence-electron chi connectivity index (χ2n) is 4.64. The van der Waals surface area contributed by atoms with Gasteiger partial charge in [0.1, 0.15) is 11.9 Å². The summed E-state index contributed by atoms with van der Waals surface area (Å²) in [5, 5.41) is 18.3. The maximum atomic E-state index is 12.2. The van der Waals surface area contributed by atoms with E-state index in [1.54, 1.807) is 12.1 Å². The Kier molecular flexibility index (Phi) is 2.98. The highest BCUT2D eigenvalue weighted by Gasteiger charge is 2.23. The summed E-state index contributed by atoms with van der Waals surface area (Å²) < 4.78 is 1.33. The van der Waals surface area contributed by atoms with Gasteiger partial charge < -0.3 is 10.2 Å². The Morgan fingerprint density at radius 3 is 2.95 bits per heavy atom. The van der Waals surface area contributed by atoms with Crippen LogP contribution in [0.3, 0.4) is 0 Å². The summed E-state index contributed by atoms with van der Waals surface area (Å²) in [5.41, 5.74) is 0.573. The first-order chi connectivity index (χ1) is 9.24. The van der Waals surface area contributed by atoms with E-state index in [2.05, 4.69) is 25.9 Å². The van der Waals surface area contributed by atoms with Gasteiger partial charge in [-0.1, -0.05) is 0 Å². The Balaban J connectivity index is 1.70. The fourth-order valence-electron chi connectivity index (χ4n) is 2.22. The molecule has 1 atom stereocenters. The van der Waals surface area contributed by atoms with Crippen LogP contribution in [0.15, 0.2) is 12.1 Å². The standard InChI is InChI=1S/C11H15N7O/c1-8(11(19)17-6-2-3-7-17)12-9-4-5-10-13-15-16-18(10)14-9/h4-5,8H,2-3,6-7H2,1H3,(H,12,14). The molecule has 100 valence electrons. The van der Waals surface area contributed by atoms with E-state index < -0.39 is 0 Å². The van der Waals surface area contributed by atoms with Gasteiger partial charge in [0, 0.05) is 13.1 Å². The highest BCUT2D eigenvalue weighted by molar-refractivity contribution is 5.84. The average Bonchev–Trinajstić information content (AvgIpc) is 3.08. The number of nitrogens with zero attached hydrogens (tertiary/aromatic N) is 6. The van der Waals surface area contributed by atoms with Gasteiger partial charge in [-0.15, -0.1) is 14.8 Å². The van der Waals surface area contributed by atoms with Crippen LogP contribution in [0.5, 0.6) is 0 Å². The van der Waals surface area contributed by atoms with Crippen molar-refractivity contribution >= 4 is 17.4 Å². The van der Waals surface area contributed by atoms with E-state index in [-0.39, 0.29) is 11.9 Å². The van der Waals surface area contributed by atoms with Crippen molar-refractivity contribution in [1.29, 1.82) is 0 Å². The van der Waals surface area contributed by atoms with E-state index in [1.165, 1.54) is 4.63 Å². The second-order valence-corrected chi connectivity index (χ2v) is 4.64. The first kappa shape index (κ1) is 11.8. The molecule has 0 aromatic carbocycles. The van der Waals surface area contributed by atoms with Crippen LogP contribution in [0, 0.1) is 0 Å². The van der Waals surface area contributed by atoms with Gasteiger partial charge in [-0.05, 0) is 42.3 Å². The van der Waals surface area contributed by atoms with Gasteiger partial charge >= 0.3 is 0 Å². The predicted octanol–water partition coefficient (Wildman–Crippen LogP) is -0.0579. The Morgan fingerprint density at radius 1 is 1.37 bits per heavy atom. The minimum atomic E-state index is -0.306. The lowest BCUT2D eigenvalue weighted by atomic mass is 10.3. The molecule has 1 aliphatic heterocycles. The molecule has 8 nitrogen and oxygen atoms in total. The van der Waals surface area contributed by atoms with Gasteiger partial charge in [0.15, 0.2) is 5.65 Å². The minimum absolute atomic E-state index is 0.108. The Bertz CT molecular complexity index is 589. The molecule has 1 fully saturated rings. The van der Waals surface area contributed by atoms with E-state index in [4.69, 9.17) is 0 Å². The fourth-order valence-corrected chi connectivity index (χ4v) is 2.22. The number of carbonyl (C=O) groups is 1. The predicted molar refractivity (Wildman–Crippen MR) is 67.5 cm³/mol. The highest BCUT2D eigenvalue weighted by atomic mass is 16.2. The van der Waals surface area contributed by atoms with Crippen LogP contribution in [-0.4, -0.2) is 55.2 Å². The zero-order valence-corrected chi connectivity index (χ0v) is 10.7. The summed E-state index contributed by atoms with van der Waals surface area (Å²) >= 11 is 0. The minimum Gasteiger partial charge on any atom is -0.357 e. The Labute approximate surface area is 109 Å². The molecule has 0 radical (unpaired) electrons. The Hall–Kier alpha value is -2.25. The SMILES string of the molecule is CC(Nc1ccc2nnnn2n1)C(=O)N1CCCC1. The molecule has 1 N–H and O–H groups in total. The van der Waals surface area contributed by atoms with Crippen molar-refractivity contribution in [3.63, 3.8) is 0 Å². The van der Waals surface area contributed by atoms with Gasteiger partial charge in [-0.3, -0.25) is 4.79 Å². The molecular formula is C11H15N7O. The third-order valence-corrected chi connectivity index (χ3v) is 3.22. The van der Waals surface area contributed by atoms with Crippen LogP contribution in [0.4, 0.5) is 5.82 Å². The van der Waals surface area contributed by atoms with Crippen molar-refractivity contribution in [3.8, 4) is 0 Å². The van der Waals surface area contributed by atoms with Crippen LogP contribution in [0.2, 0.25) is 0 Å². The smallest absolute Gasteiger partial charge is 0.244 e. The normalized spacial score (nSPS) is 16.8. The lowest BCUT2D eigenvalue weighted by molar-refractivity contribution is -0.130. The number of hydrogen-bond donors (Lipinski definition) is 1. The second kappa shape index (κ2) is 4.79. The molecular weight excluding hydrogens is 246 g/mol. The summed E-state index contributed by atoms with van der Waals surface area (Å²) in [4.78, 5) is 14.0. The van der Waals surface area contributed by atoms with Crippen molar-refractivity contribution in [1.82, 2.24) is 30.2 Å². The zero-order chi connectivity index (χ0) is 13.2. The number of aromatic nitrogens is 5. The molecule has 0 bridgehead atoms. The maximum absolute atomic E-state index is 12.2. The van der Waals surface area contributed by atoms with Crippen molar-refractivity contribution < 1.29 is 4.79 Å². The molecule has 1 unspecified atom stereocenters. The van der Waals surface area contributed by atoms with Gasteiger partial charge in [-0.25, -0.2) is 0 Å². The van der Waals surface area contributed by atoms with Gasteiger partial charge in [0.25, 0.3) is 0 Å². The zero-order valence-electron chi connectivity index (χ0n) is 10.7. The molecule has 2 aromatic rings.